The zero-order valence-electron chi connectivity index (χ0n) is 14.3. The van der Waals surface area contributed by atoms with E-state index in [0.29, 0.717) is 11.8 Å². The Labute approximate surface area is 134 Å². The number of hydrogen-bond donors (Lipinski definition) is 0. The summed E-state index contributed by atoms with van der Waals surface area (Å²) in [7, 11) is 2.22. The lowest BCUT2D eigenvalue weighted by Gasteiger charge is -2.36. The Bertz CT molecular complexity index is 544. The third kappa shape index (κ3) is 2.67. The van der Waals surface area contributed by atoms with Gasteiger partial charge in [-0.05, 0) is 44.9 Å². The van der Waals surface area contributed by atoms with Crippen molar-refractivity contribution in [1.82, 2.24) is 4.90 Å². The van der Waals surface area contributed by atoms with Crippen molar-refractivity contribution < 1.29 is 4.79 Å². The van der Waals surface area contributed by atoms with Crippen molar-refractivity contribution >= 4 is 11.6 Å². The van der Waals surface area contributed by atoms with E-state index in [9.17, 15) is 4.79 Å². The molecule has 1 saturated carbocycles. The van der Waals surface area contributed by atoms with Gasteiger partial charge in [0, 0.05) is 36.7 Å². The van der Waals surface area contributed by atoms with Gasteiger partial charge in [0.1, 0.15) is 0 Å². The summed E-state index contributed by atoms with van der Waals surface area (Å²) in [6, 6.07) is 7.03. The average Bonchev–Trinajstić information content (AvgIpc) is 2.65. The first-order chi connectivity index (χ1) is 10.5. The number of anilines is 1. The molecule has 2 atom stereocenters. The van der Waals surface area contributed by atoms with Crippen LogP contribution < -0.4 is 4.90 Å². The number of rotatable bonds is 4. The maximum atomic E-state index is 12.8. The fraction of sp³-hybridized carbons (Fsp3) is 0.632. The van der Waals surface area contributed by atoms with E-state index in [0.717, 1.165) is 24.8 Å². The molecule has 1 aliphatic heterocycles. The second-order valence-corrected chi connectivity index (χ2v) is 7.26. The Hall–Kier alpha value is -1.35. The first kappa shape index (κ1) is 15.5. The van der Waals surface area contributed by atoms with Crippen LogP contribution in [0.2, 0.25) is 0 Å². The highest BCUT2D eigenvalue weighted by Gasteiger charge is 2.40. The van der Waals surface area contributed by atoms with Crippen LogP contribution in [0.15, 0.2) is 18.2 Å². The molecular weight excluding hydrogens is 272 g/mol. The lowest BCUT2D eigenvalue weighted by molar-refractivity contribution is -0.120. The minimum absolute atomic E-state index is 0.126. The van der Waals surface area contributed by atoms with Crippen LogP contribution in [-0.4, -0.2) is 37.0 Å². The van der Waals surface area contributed by atoms with Crippen LogP contribution in [0.3, 0.4) is 0 Å². The van der Waals surface area contributed by atoms with Crippen LogP contribution in [0.1, 0.15) is 37.3 Å². The summed E-state index contributed by atoms with van der Waals surface area (Å²) >= 11 is 0. The quantitative estimate of drug-likeness (QED) is 0.851. The maximum Gasteiger partial charge on any atom is 0.230 e. The Kier molecular flexibility index (Phi) is 4.26. The SMILES string of the molecule is Cc1cccc(C)c1N1C[C@H](CN(C)C2CCC2)[C@H](C)C1=O. The number of hydrogen-bond acceptors (Lipinski definition) is 2. The van der Waals surface area contributed by atoms with Gasteiger partial charge in [0.15, 0.2) is 0 Å². The van der Waals surface area contributed by atoms with Gasteiger partial charge < -0.3 is 9.80 Å². The Morgan fingerprint density at radius 2 is 1.86 bits per heavy atom. The summed E-state index contributed by atoms with van der Waals surface area (Å²) < 4.78 is 0. The van der Waals surface area contributed by atoms with E-state index in [4.69, 9.17) is 0 Å². The molecule has 0 bridgehead atoms. The van der Waals surface area contributed by atoms with Gasteiger partial charge >= 0.3 is 0 Å². The zero-order chi connectivity index (χ0) is 15.9. The first-order valence-corrected chi connectivity index (χ1v) is 8.57. The van der Waals surface area contributed by atoms with Crippen LogP contribution in [0, 0.1) is 25.7 Å². The number of carbonyl (C=O) groups is 1. The van der Waals surface area contributed by atoms with Crippen molar-refractivity contribution in [1.29, 1.82) is 0 Å². The van der Waals surface area contributed by atoms with Gasteiger partial charge in [0.2, 0.25) is 5.91 Å². The summed E-state index contributed by atoms with van der Waals surface area (Å²) in [4.78, 5) is 17.3. The highest BCUT2D eigenvalue weighted by molar-refractivity contribution is 5.98. The minimum Gasteiger partial charge on any atom is -0.311 e. The van der Waals surface area contributed by atoms with Crippen LogP contribution in [0.4, 0.5) is 5.69 Å². The highest BCUT2D eigenvalue weighted by atomic mass is 16.2. The van der Waals surface area contributed by atoms with Gasteiger partial charge in [-0.3, -0.25) is 4.79 Å². The molecule has 0 unspecified atom stereocenters. The fourth-order valence-electron chi connectivity index (χ4n) is 3.93. The van der Waals surface area contributed by atoms with E-state index in [1.165, 1.54) is 30.4 Å². The smallest absolute Gasteiger partial charge is 0.230 e. The molecule has 1 aliphatic carbocycles. The molecule has 3 nitrogen and oxygen atoms in total. The molecule has 1 heterocycles. The average molecular weight is 300 g/mol. The van der Waals surface area contributed by atoms with Gasteiger partial charge in [0.25, 0.3) is 0 Å². The summed E-state index contributed by atoms with van der Waals surface area (Å²) in [5.41, 5.74) is 3.54. The molecule has 2 fully saturated rings. The normalized spacial score (nSPS) is 25.9. The fourth-order valence-corrected chi connectivity index (χ4v) is 3.93. The van der Waals surface area contributed by atoms with Crippen molar-refractivity contribution in [3.8, 4) is 0 Å². The lowest BCUT2D eigenvalue weighted by atomic mass is 9.90. The summed E-state index contributed by atoms with van der Waals surface area (Å²) in [5, 5.41) is 0. The monoisotopic (exact) mass is 300 g/mol. The van der Waals surface area contributed by atoms with Crippen molar-refractivity contribution in [2.45, 2.75) is 46.1 Å². The second-order valence-electron chi connectivity index (χ2n) is 7.26. The molecule has 1 aromatic rings. The van der Waals surface area contributed by atoms with Gasteiger partial charge in [-0.1, -0.05) is 31.5 Å². The van der Waals surface area contributed by atoms with E-state index in [2.05, 4.69) is 50.9 Å². The zero-order valence-corrected chi connectivity index (χ0v) is 14.3. The van der Waals surface area contributed by atoms with Crippen molar-refractivity contribution in [3.63, 3.8) is 0 Å². The van der Waals surface area contributed by atoms with Crippen LogP contribution in [0.25, 0.3) is 0 Å². The number of amides is 1. The molecule has 120 valence electrons. The molecular formula is C19H28N2O. The van der Waals surface area contributed by atoms with E-state index in [1.807, 2.05) is 4.90 Å². The van der Waals surface area contributed by atoms with Crippen LogP contribution in [0.5, 0.6) is 0 Å². The van der Waals surface area contributed by atoms with Crippen LogP contribution in [-0.2, 0) is 4.79 Å². The molecule has 0 N–H and O–H groups in total. The Balaban J connectivity index is 1.76. The minimum atomic E-state index is 0.126. The molecule has 0 spiro atoms. The Morgan fingerprint density at radius 3 is 2.41 bits per heavy atom. The van der Waals surface area contributed by atoms with E-state index in [-0.39, 0.29) is 5.92 Å². The lowest BCUT2D eigenvalue weighted by Crippen LogP contribution is -2.41. The van der Waals surface area contributed by atoms with E-state index >= 15 is 0 Å². The standard InChI is InChI=1S/C19H28N2O/c1-13-7-5-8-14(2)18(13)21-12-16(15(3)19(21)22)11-20(4)17-9-6-10-17/h5,7-8,15-17H,6,9-12H2,1-4H3/t15-,16-/m0/s1. The molecule has 0 radical (unpaired) electrons. The number of aryl methyl sites for hydroxylation is 2. The van der Waals surface area contributed by atoms with Crippen molar-refractivity contribution in [2.75, 3.05) is 25.0 Å². The van der Waals surface area contributed by atoms with E-state index in [1.54, 1.807) is 0 Å². The third-order valence-corrected chi connectivity index (χ3v) is 5.71. The first-order valence-electron chi connectivity index (χ1n) is 8.57. The number of carbonyl (C=O) groups excluding carboxylic acids is 1. The number of nitrogens with zero attached hydrogens (tertiary/aromatic N) is 2. The maximum absolute atomic E-state index is 12.8. The third-order valence-electron chi connectivity index (χ3n) is 5.71. The largest absolute Gasteiger partial charge is 0.311 e. The van der Waals surface area contributed by atoms with Gasteiger partial charge in [-0.15, -0.1) is 0 Å². The van der Waals surface area contributed by atoms with Crippen molar-refractivity contribution in [3.05, 3.63) is 29.3 Å². The molecule has 1 saturated heterocycles. The Morgan fingerprint density at radius 1 is 1.23 bits per heavy atom. The molecule has 22 heavy (non-hydrogen) atoms. The second kappa shape index (κ2) is 6.04. The molecule has 2 aliphatic rings. The van der Waals surface area contributed by atoms with Gasteiger partial charge in [0.05, 0.1) is 0 Å². The van der Waals surface area contributed by atoms with E-state index < -0.39 is 0 Å². The van der Waals surface area contributed by atoms with Gasteiger partial charge in [-0.2, -0.15) is 0 Å². The number of para-hydroxylation sites is 1. The summed E-state index contributed by atoms with van der Waals surface area (Å²) in [6.45, 7) is 8.22. The topological polar surface area (TPSA) is 23.6 Å². The summed E-state index contributed by atoms with van der Waals surface area (Å²) in [5.74, 6) is 0.864. The van der Waals surface area contributed by atoms with Gasteiger partial charge in [-0.25, -0.2) is 0 Å². The van der Waals surface area contributed by atoms with Crippen LogP contribution >= 0.6 is 0 Å². The summed E-state index contributed by atoms with van der Waals surface area (Å²) in [6.07, 6.45) is 4.01. The van der Waals surface area contributed by atoms with Crippen molar-refractivity contribution in [2.24, 2.45) is 11.8 Å². The molecule has 1 amide bonds. The molecule has 3 heteroatoms. The number of benzene rings is 1. The predicted molar refractivity (Wildman–Crippen MR) is 91.2 cm³/mol. The molecule has 3 rings (SSSR count). The molecule has 0 aromatic heterocycles. The predicted octanol–water partition coefficient (Wildman–Crippen LogP) is 3.39. The molecule has 1 aromatic carbocycles. The highest BCUT2D eigenvalue weighted by Crippen LogP contribution is 2.35.